The molecule has 4 aromatic rings. The van der Waals surface area contributed by atoms with Crippen LogP contribution in [0.2, 0.25) is 0 Å². The van der Waals surface area contributed by atoms with E-state index < -0.39 is 0 Å². The Bertz CT molecular complexity index is 1540. The SMILES string of the molecule is Cc1nc(-c2c(-c3ccc(NC(=O)NC4CCC4)cc3)n(C3CCC3)c3cc(OC4CCOCC4)ccc23)oc1C. The summed E-state index contributed by atoms with van der Waals surface area (Å²) in [5, 5.41) is 7.15. The number of ether oxygens (including phenoxy) is 2. The van der Waals surface area contributed by atoms with Gasteiger partial charge in [0.2, 0.25) is 5.89 Å². The Morgan fingerprint density at radius 3 is 2.37 bits per heavy atom. The van der Waals surface area contributed by atoms with Crippen LogP contribution >= 0.6 is 0 Å². The molecule has 2 aliphatic carbocycles. The third-order valence-electron chi connectivity index (χ3n) is 8.99. The van der Waals surface area contributed by atoms with Crippen LogP contribution in [0.25, 0.3) is 33.6 Å². The number of rotatable bonds is 7. The lowest BCUT2D eigenvalue weighted by atomic mass is 9.92. The second-order valence-corrected chi connectivity index (χ2v) is 11.8. The fraction of sp³-hybridized carbons (Fsp3) is 0.455. The van der Waals surface area contributed by atoms with Crippen LogP contribution in [0, 0.1) is 13.8 Å². The highest BCUT2D eigenvalue weighted by atomic mass is 16.5. The predicted octanol–water partition coefficient (Wildman–Crippen LogP) is 7.54. The van der Waals surface area contributed by atoms with Crippen LogP contribution in [0.4, 0.5) is 10.5 Å². The van der Waals surface area contributed by atoms with Gasteiger partial charge in [0.15, 0.2) is 0 Å². The highest BCUT2D eigenvalue weighted by Gasteiger charge is 2.31. The van der Waals surface area contributed by atoms with Crippen molar-refractivity contribution in [2.24, 2.45) is 0 Å². The number of fused-ring (bicyclic) bond motifs is 1. The van der Waals surface area contributed by atoms with Gasteiger partial charge in [-0.3, -0.25) is 0 Å². The summed E-state index contributed by atoms with van der Waals surface area (Å²) in [6, 6.07) is 15.1. The molecule has 41 heavy (non-hydrogen) atoms. The van der Waals surface area contributed by atoms with E-state index >= 15 is 0 Å². The van der Waals surface area contributed by atoms with E-state index in [1.54, 1.807) is 0 Å². The molecule has 3 fully saturated rings. The summed E-state index contributed by atoms with van der Waals surface area (Å²) >= 11 is 0. The number of carbonyl (C=O) groups is 1. The van der Waals surface area contributed by atoms with Gasteiger partial charge in [0.25, 0.3) is 0 Å². The second-order valence-electron chi connectivity index (χ2n) is 11.8. The van der Waals surface area contributed by atoms with E-state index in [9.17, 15) is 4.79 Å². The molecule has 0 bridgehead atoms. The minimum Gasteiger partial charge on any atom is -0.490 e. The third-order valence-corrected chi connectivity index (χ3v) is 8.99. The molecule has 3 heterocycles. The van der Waals surface area contributed by atoms with Crippen LogP contribution in [0.3, 0.4) is 0 Å². The number of hydrogen-bond acceptors (Lipinski definition) is 5. The number of hydrogen-bond donors (Lipinski definition) is 2. The number of nitrogens with zero attached hydrogens (tertiary/aromatic N) is 2. The summed E-state index contributed by atoms with van der Waals surface area (Å²) in [5.41, 5.74) is 5.97. The molecule has 0 spiro atoms. The number of urea groups is 1. The summed E-state index contributed by atoms with van der Waals surface area (Å²) in [5.74, 6) is 2.35. The van der Waals surface area contributed by atoms with Gasteiger partial charge in [-0.1, -0.05) is 12.1 Å². The molecule has 214 valence electrons. The highest BCUT2D eigenvalue weighted by Crippen LogP contribution is 2.47. The van der Waals surface area contributed by atoms with Gasteiger partial charge in [0.1, 0.15) is 17.6 Å². The van der Waals surface area contributed by atoms with Gasteiger partial charge >= 0.3 is 6.03 Å². The van der Waals surface area contributed by atoms with Crippen LogP contribution in [-0.2, 0) is 4.74 Å². The fourth-order valence-electron chi connectivity index (χ4n) is 6.07. The lowest BCUT2D eigenvalue weighted by Gasteiger charge is -2.30. The summed E-state index contributed by atoms with van der Waals surface area (Å²) in [7, 11) is 0. The fourth-order valence-corrected chi connectivity index (χ4v) is 6.07. The zero-order valence-corrected chi connectivity index (χ0v) is 23.9. The molecule has 7 rings (SSSR count). The van der Waals surface area contributed by atoms with Crippen molar-refractivity contribution in [3.8, 4) is 28.5 Å². The second kappa shape index (κ2) is 10.9. The van der Waals surface area contributed by atoms with Crippen LogP contribution < -0.4 is 15.4 Å². The number of aryl methyl sites for hydroxylation is 2. The zero-order chi connectivity index (χ0) is 27.9. The first kappa shape index (κ1) is 26.1. The quantitative estimate of drug-likeness (QED) is 0.246. The Hall–Kier alpha value is -3.78. The average Bonchev–Trinajstić information content (AvgIpc) is 3.42. The van der Waals surface area contributed by atoms with Gasteiger partial charge < -0.3 is 29.1 Å². The molecule has 0 atom stereocenters. The van der Waals surface area contributed by atoms with Gasteiger partial charge in [0, 0.05) is 42.1 Å². The standard InChI is InChI=1S/C33H38N4O4/c1-20-21(2)40-32(34-20)30-28-14-13-27(41-26-15-17-39-18-16-26)19-29(28)37(25-7-4-8-25)31(30)22-9-11-24(12-10-22)36-33(38)35-23-5-3-6-23/h9-14,19,23,25-26H,3-8,15-18H2,1-2H3,(H2,35,36,38). The Balaban J connectivity index is 1.31. The molecule has 3 aliphatic rings. The molecular weight excluding hydrogens is 516 g/mol. The van der Waals surface area contributed by atoms with Crippen molar-refractivity contribution in [1.82, 2.24) is 14.9 Å². The molecule has 2 saturated carbocycles. The van der Waals surface area contributed by atoms with E-state index in [1.807, 2.05) is 26.0 Å². The van der Waals surface area contributed by atoms with Crippen molar-refractivity contribution < 1.29 is 18.7 Å². The molecule has 8 heteroatoms. The lowest BCUT2D eigenvalue weighted by Crippen LogP contribution is -2.41. The normalized spacial score (nSPS) is 18.2. The lowest BCUT2D eigenvalue weighted by molar-refractivity contribution is 0.0256. The molecule has 0 unspecified atom stereocenters. The van der Waals surface area contributed by atoms with Crippen LogP contribution in [0.1, 0.15) is 68.9 Å². The number of amides is 2. The zero-order valence-electron chi connectivity index (χ0n) is 23.9. The van der Waals surface area contributed by atoms with E-state index in [0.717, 1.165) is 102 Å². The minimum absolute atomic E-state index is 0.144. The summed E-state index contributed by atoms with van der Waals surface area (Å²) in [6.45, 7) is 5.44. The molecule has 1 aliphatic heterocycles. The molecule has 2 aromatic heterocycles. The number of nitrogens with one attached hydrogen (secondary N) is 2. The van der Waals surface area contributed by atoms with Gasteiger partial charge in [-0.25, -0.2) is 9.78 Å². The monoisotopic (exact) mass is 554 g/mol. The molecule has 1 saturated heterocycles. The molecule has 2 N–H and O–H groups in total. The number of benzene rings is 2. The number of aromatic nitrogens is 2. The number of oxazole rings is 1. The molecular formula is C33H38N4O4. The van der Waals surface area contributed by atoms with Crippen molar-refractivity contribution in [3.05, 3.63) is 53.9 Å². The largest absolute Gasteiger partial charge is 0.490 e. The Morgan fingerprint density at radius 2 is 1.73 bits per heavy atom. The van der Waals surface area contributed by atoms with Crippen molar-refractivity contribution in [3.63, 3.8) is 0 Å². The highest BCUT2D eigenvalue weighted by molar-refractivity contribution is 6.03. The van der Waals surface area contributed by atoms with E-state index in [-0.39, 0.29) is 12.1 Å². The first-order valence-corrected chi connectivity index (χ1v) is 15.1. The Kier molecular flexibility index (Phi) is 6.95. The number of carbonyl (C=O) groups excluding carboxylic acids is 1. The first-order chi connectivity index (χ1) is 20.0. The minimum atomic E-state index is -0.144. The van der Waals surface area contributed by atoms with E-state index in [4.69, 9.17) is 18.9 Å². The average molecular weight is 555 g/mol. The third kappa shape index (κ3) is 5.10. The summed E-state index contributed by atoms with van der Waals surface area (Å²) in [6.07, 6.45) is 8.77. The summed E-state index contributed by atoms with van der Waals surface area (Å²) < 4.78 is 20.7. The molecule has 2 aromatic carbocycles. The first-order valence-electron chi connectivity index (χ1n) is 15.1. The molecule has 0 radical (unpaired) electrons. The predicted molar refractivity (Wildman–Crippen MR) is 159 cm³/mol. The van der Waals surface area contributed by atoms with Crippen molar-refractivity contribution in [2.45, 2.75) is 83.4 Å². The van der Waals surface area contributed by atoms with Crippen molar-refractivity contribution in [1.29, 1.82) is 0 Å². The Morgan fingerprint density at radius 1 is 0.976 bits per heavy atom. The van der Waals surface area contributed by atoms with Gasteiger partial charge in [-0.2, -0.15) is 0 Å². The maximum atomic E-state index is 12.5. The van der Waals surface area contributed by atoms with Crippen molar-refractivity contribution in [2.75, 3.05) is 18.5 Å². The van der Waals surface area contributed by atoms with Gasteiger partial charge in [-0.05, 0) is 82.2 Å². The van der Waals surface area contributed by atoms with Crippen molar-refractivity contribution >= 4 is 22.6 Å². The van der Waals surface area contributed by atoms with Gasteiger partial charge in [0.05, 0.1) is 35.7 Å². The van der Waals surface area contributed by atoms with E-state index in [1.165, 1.54) is 12.8 Å². The van der Waals surface area contributed by atoms with Crippen LogP contribution in [-0.4, -0.2) is 40.9 Å². The van der Waals surface area contributed by atoms with Crippen LogP contribution in [0.15, 0.2) is 46.9 Å². The summed E-state index contributed by atoms with van der Waals surface area (Å²) in [4.78, 5) is 17.3. The Labute approximate surface area is 240 Å². The maximum Gasteiger partial charge on any atom is 0.319 e. The smallest absolute Gasteiger partial charge is 0.319 e. The number of anilines is 1. The van der Waals surface area contributed by atoms with Gasteiger partial charge in [-0.15, -0.1) is 0 Å². The van der Waals surface area contributed by atoms with E-state index in [0.29, 0.717) is 18.0 Å². The maximum absolute atomic E-state index is 12.5. The van der Waals surface area contributed by atoms with E-state index in [2.05, 4.69) is 45.5 Å². The molecule has 8 nitrogen and oxygen atoms in total. The topological polar surface area (TPSA) is 90.6 Å². The molecule has 2 amide bonds. The van der Waals surface area contributed by atoms with Crippen LogP contribution in [0.5, 0.6) is 5.75 Å².